The second-order valence-corrected chi connectivity index (χ2v) is 7.48. The van der Waals surface area contributed by atoms with Crippen LogP contribution in [0.25, 0.3) is 10.8 Å². The first-order chi connectivity index (χ1) is 13.6. The van der Waals surface area contributed by atoms with Gasteiger partial charge in [-0.25, -0.2) is 9.37 Å². The minimum absolute atomic E-state index is 0.0428. The number of rotatable bonds is 3. The molecular formula is C22H21ClFN3O. The van der Waals surface area contributed by atoms with Crippen LogP contribution in [0.4, 0.5) is 15.9 Å². The first-order valence-electron chi connectivity index (χ1n) is 9.45. The van der Waals surface area contributed by atoms with Crippen molar-refractivity contribution in [1.29, 1.82) is 0 Å². The number of carbonyl (C=O) groups excluding carboxylic acids is 1. The molecule has 2 heterocycles. The van der Waals surface area contributed by atoms with Crippen LogP contribution in [0.3, 0.4) is 0 Å². The molecule has 0 saturated carbocycles. The molecule has 2 aromatic carbocycles. The van der Waals surface area contributed by atoms with Crippen molar-refractivity contribution in [3.63, 3.8) is 0 Å². The second kappa shape index (κ2) is 7.76. The summed E-state index contributed by atoms with van der Waals surface area (Å²) in [6.45, 7) is 3.22. The van der Waals surface area contributed by atoms with E-state index in [1.165, 1.54) is 6.07 Å². The van der Waals surface area contributed by atoms with Gasteiger partial charge in [0.05, 0.1) is 5.56 Å². The van der Waals surface area contributed by atoms with E-state index in [4.69, 9.17) is 11.6 Å². The minimum atomic E-state index is -0.288. The maximum absolute atomic E-state index is 13.9. The lowest BCUT2D eigenvalue weighted by Crippen LogP contribution is -2.35. The van der Waals surface area contributed by atoms with Crippen LogP contribution >= 0.6 is 11.6 Å². The van der Waals surface area contributed by atoms with Crippen LogP contribution in [0.5, 0.6) is 0 Å². The topological polar surface area (TPSA) is 45.2 Å². The molecule has 0 unspecified atom stereocenters. The molecule has 4 rings (SSSR count). The Morgan fingerprint density at radius 2 is 1.89 bits per heavy atom. The van der Waals surface area contributed by atoms with Gasteiger partial charge in [0.25, 0.3) is 5.91 Å². The van der Waals surface area contributed by atoms with Gasteiger partial charge in [-0.05, 0) is 44.4 Å². The van der Waals surface area contributed by atoms with Crippen molar-refractivity contribution in [2.45, 2.75) is 26.2 Å². The normalized spacial score (nSPS) is 14.3. The Morgan fingerprint density at radius 3 is 2.68 bits per heavy atom. The number of benzene rings is 2. The van der Waals surface area contributed by atoms with E-state index in [2.05, 4.69) is 10.3 Å². The van der Waals surface area contributed by atoms with Crippen molar-refractivity contribution in [3.05, 3.63) is 64.6 Å². The third kappa shape index (κ3) is 3.42. The van der Waals surface area contributed by atoms with E-state index in [1.54, 1.807) is 31.3 Å². The number of halogens is 2. The molecule has 0 spiro atoms. The summed E-state index contributed by atoms with van der Waals surface area (Å²) in [5.74, 6) is 0.212. The fraction of sp³-hybridized carbons (Fsp3) is 0.273. The van der Waals surface area contributed by atoms with Crippen LogP contribution in [0.1, 0.15) is 35.2 Å². The van der Waals surface area contributed by atoms with E-state index in [9.17, 15) is 9.18 Å². The van der Waals surface area contributed by atoms with E-state index in [1.807, 2.05) is 17.0 Å². The van der Waals surface area contributed by atoms with Crippen LogP contribution in [-0.2, 0) is 0 Å². The van der Waals surface area contributed by atoms with Crippen LogP contribution in [0.15, 0.2) is 42.6 Å². The van der Waals surface area contributed by atoms with Gasteiger partial charge in [-0.15, -0.1) is 0 Å². The number of nitrogens with one attached hydrogen (secondary N) is 1. The molecule has 0 aliphatic carbocycles. The average molecular weight is 398 g/mol. The number of carbonyl (C=O) groups is 1. The van der Waals surface area contributed by atoms with Gasteiger partial charge < -0.3 is 10.2 Å². The van der Waals surface area contributed by atoms with Gasteiger partial charge in [0.15, 0.2) is 0 Å². The van der Waals surface area contributed by atoms with Crippen molar-refractivity contribution in [1.82, 2.24) is 9.88 Å². The van der Waals surface area contributed by atoms with Crippen LogP contribution < -0.4 is 5.32 Å². The minimum Gasteiger partial charge on any atom is -0.339 e. The molecule has 0 atom stereocenters. The van der Waals surface area contributed by atoms with E-state index in [-0.39, 0.29) is 11.7 Å². The van der Waals surface area contributed by atoms with Gasteiger partial charge in [0.2, 0.25) is 0 Å². The highest BCUT2D eigenvalue weighted by molar-refractivity contribution is 6.37. The number of hydrogen-bond acceptors (Lipinski definition) is 3. The summed E-state index contributed by atoms with van der Waals surface area (Å²) in [6, 6.07) is 10.3. The van der Waals surface area contributed by atoms with Gasteiger partial charge in [-0.2, -0.15) is 0 Å². The lowest BCUT2D eigenvalue weighted by atomic mass is 10.0. The number of piperidine rings is 1. The molecular weight excluding hydrogens is 377 g/mol. The number of amides is 1. The second-order valence-electron chi connectivity index (χ2n) is 7.07. The molecule has 1 aromatic heterocycles. The Morgan fingerprint density at radius 1 is 1.14 bits per heavy atom. The zero-order valence-electron chi connectivity index (χ0n) is 15.6. The highest BCUT2D eigenvalue weighted by Crippen LogP contribution is 2.34. The summed E-state index contributed by atoms with van der Waals surface area (Å²) in [6.07, 6.45) is 4.76. The number of nitrogens with zero attached hydrogens (tertiary/aromatic N) is 2. The summed E-state index contributed by atoms with van der Waals surface area (Å²) in [7, 11) is 0. The molecule has 1 saturated heterocycles. The molecule has 6 heteroatoms. The molecule has 3 aromatic rings. The molecule has 0 radical (unpaired) electrons. The predicted octanol–water partition coefficient (Wildman–Crippen LogP) is 5.71. The van der Waals surface area contributed by atoms with Crippen molar-refractivity contribution in [2.75, 3.05) is 18.4 Å². The standard InChI is InChI=1S/C22H21ClFN3O/c1-14-18(24)9-6-10-19(14)26-21-15-7-5-8-17(23)20(15)16(13-25-21)22(28)27-11-3-2-4-12-27/h5-10,13H,2-4,11-12H2,1H3,(H,25,26). The Balaban J connectivity index is 1.79. The largest absolute Gasteiger partial charge is 0.339 e. The number of fused-ring (bicyclic) bond motifs is 1. The van der Waals surface area contributed by atoms with Crippen molar-refractivity contribution >= 4 is 39.8 Å². The number of pyridine rings is 1. The molecule has 1 aliphatic heterocycles. The quantitative estimate of drug-likeness (QED) is 0.616. The number of aromatic nitrogens is 1. The maximum atomic E-state index is 13.9. The molecule has 1 aliphatic rings. The fourth-order valence-corrected chi connectivity index (χ4v) is 3.93. The molecule has 144 valence electrons. The van der Waals surface area contributed by atoms with Crippen LogP contribution in [0.2, 0.25) is 5.02 Å². The van der Waals surface area contributed by atoms with E-state index in [0.29, 0.717) is 33.0 Å². The van der Waals surface area contributed by atoms with Gasteiger partial charge in [0.1, 0.15) is 11.6 Å². The number of hydrogen-bond donors (Lipinski definition) is 1. The zero-order chi connectivity index (χ0) is 19.7. The molecule has 1 amide bonds. The van der Waals surface area contributed by atoms with Gasteiger partial charge in [-0.3, -0.25) is 4.79 Å². The Labute approximate surface area is 168 Å². The third-order valence-corrected chi connectivity index (χ3v) is 5.57. The molecule has 28 heavy (non-hydrogen) atoms. The SMILES string of the molecule is Cc1c(F)cccc1Nc1ncc(C(=O)N2CCCCC2)c2c(Cl)cccc12. The summed E-state index contributed by atoms with van der Waals surface area (Å²) in [4.78, 5) is 19.4. The van der Waals surface area contributed by atoms with Crippen molar-refractivity contribution < 1.29 is 9.18 Å². The highest BCUT2D eigenvalue weighted by atomic mass is 35.5. The van der Waals surface area contributed by atoms with Crippen LogP contribution in [-0.4, -0.2) is 28.9 Å². The van der Waals surface area contributed by atoms with Gasteiger partial charge >= 0.3 is 0 Å². The van der Waals surface area contributed by atoms with Gasteiger partial charge in [0, 0.05) is 46.3 Å². The lowest BCUT2D eigenvalue weighted by molar-refractivity contribution is 0.0726. The monoisotopic (exact) mass is 397 g/mol. The maximum Gasteiger partial charge on any atom is 0.256 e. The molecule has 1 N–H and O–H groups in total. The Bertz CT molecular complexity index is 1050. The Hall–Kier alpha value is -2.66. The van der Waals surface area contributed by atoms with E-state index in [0.717, 1.165) is 37.7 Å². The Kier molecular flexibility index (Phi) is 5.18. The van der Waals surface area contributed by atoms with Gasteiger partial charge in [-0.1, -0.05) is 29.8 Å². The first kappa shape index (κ1) is 18.7. The lowest BCUT2D eigenvalue weighted by Gasteiger charge is -2.27. The van der Waals surface area contributed by atoms with Crippen molar-refractivity contribution in [3.8, 4) is 0 Å². The predicted molar refractivity (Wildman–Crippen MR) is 111 cm³/mol. The first-order valence-corrected chi connectivity index (χ1v) is 9.82. The number of likely N-dealkylation sites (tertiary alicyclic amines) is 1. The van der Waals surface area contributed by atoms with Crippen LogP contribution in [0, 0.1) is 12.7 Å². The van der Waals surface area contributed by atoms with E-state index >= 15 is 0 Å². The third-order valence-electron chi connectivity index (χ3n) is 5.26. The molecule has 4 nitrogen and oxygen atoms in total. The fourth-order valence-electron chi connectivity index (χ4n) is 3.66. The summed E-state index contributed by atoms with van der Waals surface area (Å²) in [5.41, 5.74) is 1.64. The summed E-state index contributed by atoms with van der Waals surface area (Å²) in [5, 5.41) is 5.10. The molecule has 1 fully saturated rings. The highest BCUT2D eigenvalue weighted by Gasteiger charge is 2.23. The smallest absolute Gasteiger partial charge is 0.256 e. The summed E-state index contributed by atoms with van der Waals surface area (Å²) >= 11 is 6.49. The zero-order valence-corrected chi connectivity index (χ0v) is 16.4. The van der Waals surface area contributed by atoms with E-state index < -0.39 is 0 Å². The number of anilines is 2. The average Bonchev–Trinajstić information content (AvgIpc) is 2.72. The summed E-state index contributed by atoms with van der Waals surface area (Å²) < 4.78 is 13.9. The molecule has 0 bridgehead atoms. The van der Waals surface area contributed by atoms with Crippen molar-refractivity contribution in [2.24, 2.45) is 0 Å².